The van der Waals surface area contributed by atoms with Gasteiger partial charge in [0.25, 0.3) is 5.91 Å². The molecule has 19 heavy (non-hydrogen) atoms. The molecule has 1 aromatic rings. The van der Waals surface area contributed by atoms with Crippen LogP contribution in [0.1, 0.15) is 35.2 Å². The number of hydrogen-bond acceptors (Lipinski definition) is 2. The zero-order valence-electron chi connectivity index (χ0n) is 10.9. The lowest BCUT2D eigenvalue weighted by molar-refractivity contribution is 0.0681. The van der Waals surface area contributed by atoms with Crippen LogP contribution in [-0.4, -0.2) is 28.4 Å². The second kappa shape index (κ2) is 6.01. The van der Waals surface area contributed by atoms with Crippen molar-refractivity contribution in [1.82, 2.24) is 4.90 Å². The van der Waals surface area contributed by atoms with E-state index in [0.717, 1.165) is 35.8 Å². The number of aryl methyl sites for hydroxylation is 1. The predicted octanol–water partition coefficient (Wildman–Crippen LogP) is 3.04. The molecule has 3 nitrogen and oxygen atoms in total. The minimum absolute atomic E-state index is 0.0214. The smallest absolute Gasteiger partial charge is 0.254 e. The molecule has 1 aliphatic heterocycles. The average molecular weight is 341 g/mol. The predicted molar refractivity (Wildman–Crippen MR) is 84.3 cm³/mol. The summed E-state index contributed by atoms with van der Waals surface area (Å²) in [5.41, 5.74) is 7.51. The van der Waals surface area contributed by atoms with Crippen LogP contribution in [-0.2, 0) is 0 Å². The van der Waals surface area contributed by atoms with Crippen molar-refractivity contribution < 1.29 is 4.79 Å². The molecule has 0 aliphatic carbocycles. The Labute approximate surface area is 127 Å². The van der Waals surface area contributed by atoms with E-state index in [4.69, 9.17) is 18.0 Å². The van der Waals surface area contributed by atoms with Crippen molar-refractivity contribution in [2.45, 2.75) is 32.2 Å². The van der Waals surface area contributed by atoms with Crippen LogP contribution in [0.15, 0.2) is 22.7 Å². The summed E-state index contributed by atoms with van der Waals surface area (Å²) in [5, 5.41) is 0. The second-order valence-corrected chi connectivity index (χ2v) is 6.20. The van der Waals surface area contributed by atoms with E-state index in [9.17, 15) is 4.79 Å². The van der Waals surface area contributed by atoms with Crippen molar-refractivity contribution in [2.24, 2.45) is 5.73 Å². The minimum atomic E-state index is -0.0970. The van der Waals surface area contributed by atoms with Gasteiger partial charge in [-0.2, -0.15) is 0 Å². The summed E-state index contributed by atoms with van der Waals surface area (Å²) >= 11 is 8.53. The van der Waals surface area contributed by atoms with Gasteiger partial charge >= 0.3 is 0 Å². The number of carbonyl (C=O) groups is 1. The molecule has 1 amide bonds. The number of hydrogen-bond donors (Lipinski definition) is 1. The fourth-order valence-electron chi connectivity index (χ4n) is 2.41. The Kier molecular flexibility index (Phi) is 4.58. The van der Waals surface area contributed by atoms with Gasteiger partial charge in [-0.3, -0.25) is 4.79 Å². The maximum absolute atomic E-state index is 12.6. The van der Waals surface area contributed by atoms with E-state index in [-0.39, 0.29) is 11.9 Å². The number of likely N-dealkylation sites (tertiary alicyclic amines) is 1. The number of benzene rings is 1. The van der Waals surface area contributed by atoms with E-state index in [1.165, 1.54) is 0 Å². The summed E-state index contributed by atoms with van der Waals surface area (Å²) in [4.78, 5) is 14.8. The monoisotopic (exact) mass is 340 g/mol. The summed E-state index contributed by atoms with van der Waals surface area (Å²) in [6, 6.07) is 5.55. The lowest BCUT2D eigenvalue weighted by Crippen LogP contribution is -2.49. The quantitative estimate of drug-likeness (QED) is 0.841. The van der Waals surface area contributed by atoms with Gasteiger partial charge < -0.3 is 10.6 Å². The van der Waals surface area contributed by atoms with E-state index in [2.05, 4.69) is 15.9 Å². The Morgan fingerprint density at radius 3 is 2.84 bits per heavy atom. The fraction of sp³-hybridized carbons (Fsp3) is 0.429. The summed E-state index contributed by atoms with van der Waals surface area (Å²) in [6.45, 7) is 2.71. The van der Waals surface area contributed by atoms with Gasteiger partial charge in [-0.15, -0.1) is 0 Å². The van der Waals surface area contributed by atoms with Gasteiger partial charge in [0.1, 0.15) is 0 Å². The molecule has 0 saturated carbocycles. The highest BCUT2D eigenvalue weighted by Crippen LogP contribution is 2.22. The van der Waals surface area contributed by atoms with Gasteiger partial charge in [0, 0.05) is 16.6 Å². The minimum Gasteiger partial charge on any atom is -0.392 e. The number of halogens is 1. The molecule has 5 heteroatoms. The van der Waals surface area contributed by atoms with Gasteiger partial charge in [-0.05, 0) is 49.9 Å². The molecule has 1 aromatic carbocycles. The lowest BCUT2D eigenvalue weighted by atomic mass is 10.0. The van der Waals surface area contributed by atoms with E-state index in [1.54, 1.807) is 0 Å². The molecule has 1 saturated heterocycles. The van der Waals surface area contributed by atoms with Gasteiger partial charge in [-0.25, -0.2) is 0 Å². The zero-order valence-corrected chi connectivity index (χ0v) is 13.3. The van der Waals surface area contributed by atoms with Crippen LogP contribution >= 0.6 is 28.1 Å². The standard InChI is InChI=1S/C14H17BrN2OS/c1-9-8-10(5-6-11(9)15)14(18)17-7-3-2-4-12(17)13(16)19/h5-6,8,12H,2-4,7H2,1H3,(H2,16,19). The molecule has 1 aliphatic rings. The molecule has 0 aromatic heterocycles. The summed E-state index contributed by atoms with van der Waals surface area (Å²) in [6.07, 6.45) is 2.96. The first-order valence-corrected chi connectivity index (χ1v) is 7.57. The molecule has 1 fully saturated rings. The van der Waals surface area contributed by atoms with E-state index >= 15 is 0 Å². The van der Waals surface area contributed by atoms with Crippen LogP contribution in [0.2, 0.25) is 0 Å². The van der Waals surface area contributed by atoms with Gasteiger partial charge in [0.15, 0.2) is 0 Å². The third kappa shape index (κ3) is 3.15. The van der Waals surface area contributed by atoms with Crippen LogP contribution in [0.4, 0.5) is 0 Å². The Hall–Kier alpha value is -0.940. The first-order chi connectivity index (χ1) is 9.00. The van der Waals surface area contributed by atoms with Crippen molar-refractivity contribution >= 4 is 39.0 Å². The van der Waals surface area contributed by atoms with E-state index in [0.29, 0.717) is 10.6 Å². The maximum Gasteiger partial charge on any atom is 0.254 e. The molecule has 0 spiro atoms. The highest BCUT2D eigenvalue weighted by atomic mass is 79.9. The highest BCUT2D eigenvalue weighted by molar-refractivity contribution is 9.10. The number of nitrogens with zero attached hydrogens (tertiary/aromatic N) is 1. The summed E-state index contributed by atoms with van der Waals surface area (Å²) in [5.74, 6) is 0.0214. The molecule has 1 atom stereocenters. The van der Waals surface area contributed by atoms with E-state index in [1.807, 2.05) is 30.0 Å². The van der Waals surface area contributed by atoms with Gasteiger partial charge in [-0.1, -0.05) is 28.1 Å². The molecular formula is C14H17BrN2OS. The Balaban J connectivity index is 2.26. The average Bonchev–Trinajstić information content (AvgIpc) is 2.41. The van der Waals surface area contributed by atoms with Gasteiger partial charge in [0.05, 0.1) is 11.0 Å². The molecule has 0 bridgehead atoms. The summed E-state index contributed by atoms with van der Waals surface area (Å²) < 4.78 is 1.01. The SMILES string of the molecule is Cc1cc(C(=O)N2CCCCC2C(N)=S)ccc1Br. The van der Waals surface area contributed by atoms with Crippen molar-refractivity contribution in [3.63, 3.8) is 0 Å². The normalized spacial score (nSPS) is 19.3. The van der Waals surface area contributed by atoms with Crippen LogP contribution in [0.3, 0.4) is 0 Å². The second-order valence-electron chi connectivity index (χ2n) is 4.88. The molecule has 0 radical (unpaired) electrons. The van der Waals surface area contributed by atoms with Crippen LogP contribution in [0.5, 0.6) is 0 Å². The first kappa shape index (κ1) is 14.5. The maximum atomic E-state index is 12.6. The lowest BCUT2D eigenvalue weighted by Gasteiger charge is -2.35. The Bertz CT molecular complexity index is 518. The number of carbonyl (C=O) groups excluding carboxylic acids is 1. The fourth-order valence-corrected chi connectivity index (χ4v) is 2.91. The number of nitrogens with two attached hydrogens (primary N) is 1. The Morgan fingerprint density at radius 2 is 2.21 bits per heavy atom. The largest absolute Gasteiger partial charge is 0.392 e. The summed E-state index contributed by atoms with van der Waals surface area (Å²) in [7, 11) is 0. The third-order valence-electron chi connectivity index (χ3n) is 3.50. The number of rotatable bonds is 2. The first-order valence-electron chi connectivity index (χ1n) is 6.37. The van der Waals surface area contributed by atoms with Crippen LogP contribution < -0.4 is 5.73 Å². The Morgan fingerprint density at radius 1 is 1.47 bits per heavy atom. The van der Waals surface area contributed by atoms with Gasteiger partial charge in [0.2, 0.25) is 0 Å². The molecule has 102 valence electrons. The molecular weight excluding hydrogens is 324 g/mol. The molecule has 1 heterocycles. The van der Waals surface area contributed by atoms with E-state index < -0.39 is 0 Å². The third-order valence-corrected chi connectivity index (χ3v) is 4.66. The number of thiocarbonyl (C=S) groups is 1. The zero-order chi connectivity index (χ0) is 14.0. The van der Waals surface area contributed by atoms with Crippen LogP contribution in [0, 0.1) is 6.92 Å². The highest BCUT2D eigenvalue weighted by Gasteiger charge is 2.29. The molecule has 1 unspecified atom stereocenters. The number of amides is 1. The number of piperidine rings is 1. The van der Waals surface area contributed by atoms with Crippen molar-refractivity contribution in [3.05, 3.63) is 33.8 Å². The van der Waals surface area contributed by atoms with Crippen molar-refractivity contribution in [3.8, 4) is 0 Å². The van der Waals surface area contributed by atoms with Crippen molar-refractivity contribution in [2.75, 3.05) is 6.54 Å². The molecule has 2 N–H and O–H groups in total. The topological polar surface area (TPSA) is 46.3 Å². The van der Waals surface area contributed by atoms with Crippen LogP contribution in [0.25, 0.3) is 0 Å². The van der Waals surface area contributed by atoms with Crippen molar-refractivity contribution in [1.29, 1.82) is 0 Å². The molecule has 2 rings (SSSR count).